The van der Waals surface area contributed by atoms with Gasteiger partial charge in [-0.05, 0) is 62.1 Å². The number of hydrogen-bond donors (Lipinski definition) is 4. The van der Waals surface area contributed by atoms with Crippen LogP contribution < -0.4 is 20.1 Å². The van der Waals surface area contributed by atoms with Crippen LogP contribution in [0.15, 0.2) is 65.2 Å². The lowest BCUT2D eigenvalue weighted by Gasteiger charge is -2.39. The summed E-state index contributed by atoms with van der Waals surface area (Å²) in [7, 11) is -0.776. The number of allylic oxidation sites excluding steroid dienone is 1. The molecule has 3 atom stereocenters. The number of sulfonamides is 1. The first-order valence-electron chi connectivity index (χ1n) is 16.1. The van der Waals surface area contributed by atoms with Crippen molar-refractivity contribution >= 4 is 40.4 Å². The maximum Gasteiger partial charge on any atom is 0.264 e. The molecule has 2 aromatic rings. The van der Waals surface area contributed by atoms with Gasteiger partial charge in [-0.1, -0.05) is 84.4 Å². The lowest BCUT2D eigenvalue weighted by Crippen LogP contribution is -2.60. The summed E-state index contributed by atoms with van der Waals surface area (Å²) in [6, 6.07) is 12.1. The monoisotopic (exact) mass is 702 g/mol. The van der Waals surface area contributed by atoms with E-state index in [0.717, 1.165) is 11.1 Å². The molecule has 0 aromatic heterocycles. The number of carbonyl (C=O) groups is 3. The summed E-state index contributed by atoms with van der Waals surface area (Å²) < 4.78 is 33.6. The summed E-state index contributed by atoms with van der Waals surface area (Å²) in [5, 5.41) is 6.16. The molecular formula is C36H54N4O6S2. The highest BCUT2D eigenvalue weighted by Crippen LogP contribution is 2.31. The topological polar surface area (TPSA) is 134 Å². The second-order valence-corrected chi connectivity index (χ2v) is 16.2. The number of hydrogen-bond acceptors (Lipinski definition) is 8. The van der Waals surface area contributed by atoms with E-state index in [1.807, 2.05) is 79.7 Å². The van der Waals surface area contributed by atoms with Crippen molar-refractivity contribution in [3.63, 3.8) is 0 Å². The molecule has 48 heavy (non-hydrogen) atoms. The number of ether oxygens (including phenoxy) is 1. The number of benzene rings is 2. The molecule has 266 valence electrons. The molecule has 0 heterocycles. The average Bonchev–Trinajstić information content (AvgIpc) is 3.00. The highest BCUT2D eigenvalue weighted by molar-refractivity contribution is 7.90. The van der Waals surface area contributed by atoms with E-state index in [4.69, 9.17) is 4.74 Å². The van der Waals surface area contributed by atoms with Gasteiger partial charge in [0.1, 0.15) is 11.8 Å². The molecule has 2 aromatic carbocycles. The number of aryl methyl sites for hydroxylation is 1. The predicted molar refractivity (Wildman–Crippen MR) is 194 cm³/mol. The van der Waals surface area contributed by atoms with E-state index in [1.54, 1.807) is 39.2 Å². The van der Waals surface area contributed by atoms with Gasteiger partial charge >= 0.3 is 0 Å². The Kier molecular flexibility index (Phi) is 14.3. The lowest BCUT2D eigenvalue weighted by atomic mass is 9.76. The normalized spacial score (nSPS) is 14.6. The van der Waals surface area contributed by atoms with Gasteiger partial charge in [0.05, 0.1) is 23.5 Å². The van der Waals surface area contributed by atoms with Crippen molar-refractivity contribution in [2.45, 2.75) is 84.7 Å². The van der Waals surface area contributed by atoms with Crippen molar-refractivity contribution in [2.75, 3.05) is 26.5 Å². The van der Waals surface area contributed by atoms with Crippen LogP contribution in [0, 0.1) is 24.2 Å². The summed E-state index contributed by atoms with van der Waals surface area (Å²) in [5.41, 5.74) is 0.910. The number of amides is 3. The molecular weight excluding hydrogens is 649 g/mol. The van der Waals surface area contributed by atoms with Crippen LogP contribution in [0.5, 0.6) is 5.75 Å². The number of nitrogens with one attached hydrogen (secondary N) is 3. The van der Waals surface area contributed by atoms with Crippen LogP contribution in [-0.2, 0) is 29.8 Å². The number of nitrogens with zero attached hydrogens (tertiary/aromatic N) is 1. The fourth-order valence-corrected chi connectivity index (χ4v) is 6.51. The SMILES string of the molecule is CNC(C(=O)NC(C(=O)N(C)/C(=C/C(C)C(=O)NS(=O)(=O)c1ccc(C)cc1)C(C)C)C(C)(C)C)C(C)(C)c1cccc(OCCS)c1. The molecule has 3 unspecified atom stereocenters. The van der Waals surface area contributed by atoms with Crippen molar-refractivity contribution in [3.8, 4) is 5.75 Å². The van der Waals surface area contributed by atoms with Gasteiger partial charge in [-0.2, -0.15) is 12.6 Å². The van der Waals surface area contributed by atoms with Crippen LogP contribution >= 0.6 is 12.6 Å². The van der Waals surface area contributed by atoms with E-state index in [1.165, 1.54) is 17.0 Å². The van der Waals surface area contributed by atoms with Gasteiger partial charge in [0, 0.05) is 23.9 Å². The first kappa shape index (κ1) is 40.8. The van der Waals surface area contributed by atoms with Crippen molar-refractivity contribution in [1.29, 1.82) is 0 Å². The molecule has 0 bridgehead atoms. The minimum Gasteiger partial charge on any atom is -0.493 e. The number of rotatable bonds is 15. The highest BCUT2D eigenvalue weighted by Gasteiger charge is 2.41. The summed E-state index contributed by atoms with van der Waals surface area (Å²) in [4.78, 5) is 42.6. The summed E-state index contributed by atoms with van der Waals surface area (Å²) in [6.45, 7) is 17.1. The van der Waals surface area contributed by atoms with Gasteiger partial charge in [-0.3, -0.25) is 14.4 Å². The van der Waals surface area contributed by atoms with Crippen LogP contribution in [0.25, 0.3) is 0 Å². The Morgan fingerprint density at radius 2 is 1.56 bits per heavy atom. The van der Waals surface area contributed by atoms with Gasteiger partial charge < -0.3 is 20.3 Å². The molecule has 0 saturated heterocycles. The third-order valence-electron chi connectivity index (χ3n) is 8.32. The zero-order chi connectivity index (χ0) is 36.6. The number of carbonyl (C=O) groups excluding carboxylic acids is 3. The standard InChI is InChI=1S/C36H54N4O6S2/c1-23(2)29(21-25(4)32(41)39-48(44,45)28-17-15-24(3)16-18-28)40(11)34(43)31(35(5,6)7)38-33(42)30(37-10)36(8,9)26-13-12-14-27(22-26)46-19-20-47/h12-18,21-23,25,30-31,37,47H,19-20H2,1-11H3,(H,38,42)(H,39,41)/b29-21+. The van der Waals surface area contributed by atoms with Crippen molar-refractivity contribution in [1.82, 2.24) is 20.3 Å². The lowest BCUT2D eigenvalue weighted by molar-refractivity contribution is -0.138. The minimum absolute atomic E-state index is 0.0182. The fourth-order valence-electron chi connectivity index (χ4n) is 5.36. The molecule has 0 aliphatic carbocycles. The third-order valence-corrected chi connectivity index (χ3v) is 9.87. The van der Waals surface area contributed by atoms with Crippen molar-refractivity contribution in [2.24, 2.45) is 17.3 Å². The molecule has 0 aliphatic rings. The van der Waals surface area contributed by atoms with Gasteiger partial charge in [0.25, 0.3) is 10.0 Å². The molecule has 0 saturated carbocycles. The number of thiol groups is 1. The second-order valence-electron chi connectivity index (χ2n) is 14.1. The predicted octanol–water partition coefficient (Wildman–Crippen LogP) is 4.84. The molecule has 0 aliphatic heterocycles. The van der Waals surface area contributed by atoms with Crippen LogP contribution in [0.2, 0.25) is 0 Å². The summed E-state index contributed by atoms with van der Waals surface area (Å²) in [6.07, 6.45) is 1.59. The van der Waals surface area contributed by atoms with Gasteiger partial charge in [-0.25, -0.2) is 13.1 Å². The van der Waals surface area contributed by atoms with E-state index in [9.17, 15) is 22.8 Å². The number of likely N-dealkylation sites (N-methyl/N-ethyl adjacent to an activating group) is 2. The molecule has 10 nitrogen and oxygen atoms in total. The second kappa shape index (κ2) is 16.8. The molecule has 0 spiro atoms. The van der Waals surface area contributed by atoms with Gasteiger partial charge in [-0.15, -0.1) is 0 Å². The Balaban J connectivity index is 2.34. The maximum atomic E-state index is 14.2. The van der Waals surface area contributed by atoms with Crippen molar-refractivity contribution < 1.29 is 27.5 Å². The zero-order valence-corrected chi connectivity index (χ0v) is 31.9. The van der Waals surface area contributed by atoms with Gasteiger partial charge in [0.2, 0.25) is 17.7 Å². The minimum atomic E-state index is -4.08. The van der Waals surface area contributed by atoms with E-state index < -0.39 is 44.8 Å². The maximum absolute atomic E-state index is 14.2. The first-order chi connectivity index (χ1) is 22.2. The quantitative estimate of drug-likeness (QED) is 0.195. The van der Waals surface area contributed by atoms with E-state index >= 15 is 0 Å². The largest absolute Gasteiger partial charge is 0.493 e. The molecule has 3 N–H and O–H groups in total. The Labute approximate surface area is 292 Å². The van der Waals surface area contributed by atoms with Gasteiger partial charge in [0.15, 0.2) is 0 Å². The average molecular weight is 703 g/mol. The molecule has 2 rings (SSSR count). The van der Waals surface area contributed by atoms with Crippen LogP contribution in [-0.4, -0.2) is 69.6 Å². The van der Waals surface area contributed by atoms with Crippen LogP contribution in [0.1, 0.15) is 66.5 Å². The summed E-state index contributed by atoms with van der Waals surface area (Å²) >= 11 is 4.21. The summed E-state index contributed by atoms with van der Waals surface area (Å²) in [5.74, 6) is -1.29. The van der Waals surface area contributed by atoms with Crippen LogP contribution in [0.3, 0.4) is 0 Å². The third kappa shape index (κ3) is 10.6. The Morgan fingerprint density at radius 3 is 2.08 bits per heavy atom. The Morgan fingerprint density at radius 1 is 0.958 bits per heavy atom. The molecule has 0 radical (unpaired) electrons. The molecule has 3 amide bonds. The molecule has 0 fully saturated rings. The van der Waals surface area contributed by atoms with Crippen LogP contribution in [0.4, 0.5) is 0 Å². The highest BCUT2D eigenvalue weighted by atomic mass is 32.2. The van der Waals surface area contributed by atoms with Crippen molar-refractivity contribution in [3.05, 3.63) is 71.4 Å². The Bertz CT molecular complexity index is 1560. The fraction of sp³-hybridized carbons (Fsp3) is 0.528. The first-order valence-corrected chi connectivity index (χ1v) is 18.2. The Hall–Kier alpha value is -3.35. The van der Waals surface area contributed by atoms with E-state index in [0.29, 0.717) is 23.8 Å². The smallest absolute Gasteiger partial charge is 0.264 e. The van der Waals surface area contributed by atoms with E-state index in [-0.39, 0.29) is 22.6 Å². The molecule has 12 heteroatoms. The van der Waals surface area contributed by atoms with E-state index in [2.05, 4.69) is 28.0 Å². The zero-order valence-electron chi connectivity index (χ0n) is 30.2.